The molecule has 172 valence electrons. The Morgan fingerprint density at radius 3 is 1.93 bits per heavy atom. The Labute approximate surface area is 185 Å². The molecule has 0 radical (unpaired) electrons. The number of rotatable bonds is 18. The Hall–Kier alpha value is -0.900. The van der Waals surface area contributed by atoms with E-state index in [-0.39, 0.29) is 12.4 Å². The molecule has 1 aromatic carbocycles. The molecule has 2 rings (SSSR count). The molecule has 1 aromatic rings. The van der Waals surface area contributed by atoms with Crippen LogP contribution in [0.5, 0.6) is 0 Å². The summed E-state index contributed by atoms with van der Waals surface area (Å²) >= 11 is 0. The van der Waals surface area contributed by atoms with Crippen molar-refractivity contribution in [2.24, 2.45) is 0 Å². The average molecular weight is 419 g/mol. The fraction of sp³-hybridized carbons (Fsp3) is 0.778. The van der Waals surface area contributed by atoms with Crippen LogP contribution >= 0.6 is 0 Å². The van der Waals surface area contributed by atoms with Crippen LogP contribution in [0.25, 0.3) is 0 Å². The first kappa shape index (κ1) is 25.4. The van der Waals surface area contributed by atoms with Gasteiger partial charge in [0, 0.05) is 12.2 Å². The minimum absolute atomic E-state index is 0.149. The molecule has 0 bridgehead atoms. The summed E-state index contributed by atoms with van der Waals surface area (Å²) in [6.45, 7) is 4.57. The quantitative estimate of drug-likeness (QED) is 0.226. The van der Waals surface area contributed by atoms with Crippen molar-refractivity contribution >= 4 is 0 Å². The molecule has 0 saturated carbocycles. The lowest BCUT2D eigenvalue weighted by atomic mass is 10.0. The van der Waals surface area contributed by atoms with Crippen molar-refractivity contribution in [3.05, 3.63) is 35.9 Å². The zero-order valence-corrected chi connectivity index (χ0v) is 19.5. The fourth-order valence-electron chi connectivity index (χ4n) is 4.11. The van der Waals surface area contributed by atoms with Gasteiger partial charge in [-0.2, -0.15) is 0 Å². The standard InChI is InChI=1S/C27H46O3/c1-2-3-4-5-6-7-8-9-10-11-12-13-14-18-22-28-24-26-21-23-29-27(30-26)25-19-16-15-17-20-25/h15-17,19-20,26-27H,2-14,18,21-24H2,1H3/t26-,27?/m0/s1. The van der Waals surface area contributed by atoms with E-state index in [1.165, 1.54) is 89.9 Å². The monoisotopic (exact) mass is 418 g/mol. The molecule has 2 atom stereocenters. The molecule has 0 N–H and O–H groups in total. The first-order valence-electron chi connectivity index (χ1n) is 12.8. The van der Waals surface area contributed by atoms with Gasteiger partial charge in [0.1, 0.15) is 0 Å². The third-order valence-corrected chi connectivity index (χ3v) is 6.04. The highest BCUT2D eigenvalue weighted by molar-refractivity contribution is 5.16. The van der Waals surface area contributed by atoms with E-state index in [2.05, 4.69) is 19.1 Å². The minimum atomic E-state index is -0.241. The Morgan fingerprint density at radius 1 is 0.767 bits per heavy atom. The first-order chi connectivity index (χ1) is 14.9. The normalized spacial score (nSPS) is 19.2. The van der Waals surface area contributed by atoms with Crippen LogP contribution in [0.2, 0.25) is 0 Å². The molecule has 1 fully saturated rings. The molecule has 0 amide bonds. The predicted octanol–water partition coefficient (Wildman–Crippen LogP) is 7.99. The number of ether oxygens (including phenoxy) is 3. The smallest absolute Gasteiger partial charge is 0.184 e. The van der Waals surface area contributed by atoms with Crippen molar-refractivity contribution in [3.8, 4) is 0 Å². The van der Waals surface area contributed by atoms with Crippen molar-refractivity contribution in [2.45, 2.75) is 116 Å². The van der Waals surface area contributed by atoms with Crippen molar-refractivity contribution in [3.63, 3.8) is 0 Å². The Balaban J connectivity index is 1.33. The number of hydrogen-bond acceptors (Lipinski definition) is 3. The van der Waals surface area contributed by atoms with Gasteiger partial charge in [-0.15, -0.1) is 0 Å². The SMILES string of the molecule is CCCCCCCCCCCCCCCCOC[C@@H]1CCOC(c2ccccc2)O1. The topological polar surface area (TPSA) is 27.7 Å². The van der Waals surface area contributed by atoms with E-state index < -0.39 is 0 Å². The van der Waals surface area contributed by atoms with Gasteiger partial charge in [-0.25, -0.2) is 0 Å². The fourth-order valence-corrected chi connectivity index (χ4v) is 4.11. The number of unbranched alkanes of at least 4 members (excludes halogenated alkanes) is 13. The molecular weight excluding hydrogens is 372 g/mol. The third kappa shape index (κ3) is 12.1. The highest BCUT2D eigenvalue weighted by Crippen LogP contribution is 2.26. The summed E-state index contributed by atoms with van der Waals surface area (Å²) in [6, 6.07) is 10.2. The second-order valence-corrected chi connectivity index (χ2v) is 8.83. The molecular formula is C27H46O3. The van der Waals surface area contributed by atoms with E-state index in [4.69, 9.17) is 14.2 Å². The molecule has 0 spiro atoms. The molecule has 30 heavy (non-hydrogen) atoms. The van der Waals surface area contributed by atoms with Crippen molar-refractivity contribution in [2.75, 3.05) is 19.8 Å². The van der Waals surface area contributed by atoms with E-state index in [0.717, 1.165) is 25.2 Å². The molecule has 3 heteroatoms. The van der Waals surface area contributed by atoms with Gasteiger partial charge in [0.25, 0.3) is 0 Å². The van der Waals surface area contributed by atoms with Gasteiger partial charge in [0.15, 0.2) is 6.29 Å². The lowest BCUT2D eigenvalue weighted by Gasteiger charge is -2.30. The predicted molar refractivity (Wildman–Crippen MR) is 126 cm³/mol. The molecule has 0 aromatic heterocycles. The van der Waals surface area contributed by atoms with E-state index >= 15 is 0 Å². The summed E-state index contributed by atoms with van der Waals surface area (Å²) in [5, 5.41) is 0. The zero-order valence-electron chi connectivity index (χ0n) is 19.5. The van der Waals surface area contributed by atoms with Gasteiger partial charge >= 0.3 is 0 Å². The molecule has 1 aliphatic rings. The summed E-state index contributed by atoms with van der Waals surface area (Å²) in [4.78, 5) is 0. The van der Waals surface area contributed by atoms with Crippen molar-refractivity contribution < 1.29 is 14.2 Å². The largest absolute Gasteiger partial charge is 0.379 e. The van der Waals surface area contributed by atoms with Crippen LogP contribution in [-0.2, 0) is 14.2 Å². The first-order valence-corrected chi connectivity index (χ1v) is 12.8. The van der Waals surface area contributed by atoms with Gasteiger partial charge < -0.3 is 14.2 Å². The van der Waals surface area contributed by atoms with E-state index in [9.17, 15) is 0 Å². The summed E-state index contributed by atoms with van der Waals surface area (Å²) in [7, 11) is 0. The average Bonchev–Trinajstić information content (AvgIpc) is 2.79. The Bertz CT molecular complexity index is 490. The molecule has 1 unspecified atom stereocenters. The maximum Gasteiger partial charge on any atom is 0.184 e. The van der Waals surface area contributed by atoms with Crippen LogP contribution in [0.1, 0.15) is 115 Å². The van der Waals surface area contributed by atoms with E-state index in [1.54, 1.807) is 0 Å². The van der Waals surface area contributed by atoms with Crippen LogP contribution in [-0.4, -0.2) is 25.9 Å². The Morgan fingerprint density at radius 2 is 1.33 bits per heavy atom. The molecule has 1 aliphatic heterocycles. The maximum atomic E-state index is 6.05. The number of benzene rings is 1. The molecule has 3 nitrogen and oxygen atoms in total. The van der Waals surface area contributed by atoms with E-state index in [0.29, 0.717) is 6.61 Å². The van der Waals surface area contributed by atoms with Crippen LogP contribution in [0, 0.1) is 0 Å². The summed E-state index contributed by atoms with van der Waals surface area (Å²) in [5.74, 6) is 0. The second kappa shape index (κ2) is 17.7. The van der Waals surface area contributed by atoms with Gasteiger partial charge in [-0.05, 0) is 12.8 Å². The van der Waals surface area contributed by atoms with E-state index in [1.807, 2.05) is 18.2 Å². The summed E-state index contributed by atoms with van der Waals surface area (Å²) in [5.41, 5.74) is 1.09. The highest BCUT2D eigenvalue weighted by atomic mass is 16.7. The third-order valence-electron chi connectivity index (χ3n) is 6.04. The molecule has 1 heterocycles. The van der Waals surface area contributed by atoms with Crippen LogP contribution in [0.3, 0.4) is 0 Å². The molecule has 1 saturated heterocycles. The number of hydrogen-bond donors (Lipinski definition) is 0. The van der Waals surface area contributed by atoms with Crippen molar-refractivity contribution in [1.82, 2.24) is 0 Å². The van der Waals surface area contributed by atoms with Crippen LogP contribution in [0.15, 0.2) is 30.3 Å². The Kier molecular flexibility index (Phi) is 15.0. The van der Waals surface area contributed by atoms with Gasteiger partial charge in [-0.1, -0.05) is 121 Å². The van der Waals surface area contributed by atoms with Gasteiger partial charge in [0.05, 0.1) is 19.3 Å². The van der Waals surface area contributed by atoms with Crippen molar-refractivity contribution in [1.29, 1.82) is 0 Å². The summed E-state index contributed by atoms with van der Waals surface area (Å²) < 4.78 is 17.7. The second-order valence-electron chi connectivity index (χ2n) is 8.83. The van der Waals surface area contributed by atoms with Gasteiger partial charge in [-0.3, -0.25) is 0 Å². The minimum Gasteiger partial charge on any atom is -0.379 e. The summed E-state index contributed by atoms with van der Waals surface area (Å²) in [6.07, 6.45) is 20.3. The lowest BCUT2D eigenvalue weighted by Crippen LogP contribution is -2.30. The lowest BCUT2D eigenvalue weighted by molar-refractivity contribution is -0.227. The molecule has 0 aliphatic carbocycles. The maximum absolute atomic E-state index is 6.05. The van der Waals surface area contributed by atoms with Crippen LogP contribution < -0.4 is 0 Å². The van der Waals surface area contributed by atoms with Crippen LogP contribution in [0.4, 0.5) is 0 Å². The van der Waals surface area contributed by atoms with Gasteiger partial charge in [0.2, 0.25) is 0 Å². The zero-order chi connectivity index (χ0) is 21.1. The highest BCUT2D eigenvalue weighted by Gasteiger charge is 2.24.